The first kappa shape index (κ1) is 15.2. The number of halogens is 2. The fourth-order valence-corrected chi connectivity index (χ4v) is 2.76. The highest BCUT2D eigenvalue weighted by molar-refractivity contribution is 7.99. The number of rotatable bonds is 5. The molecule has 1 N–H and O–H groups in total. The van der Waals surface area contributed by atoms with Crippen LogP contribution in [0.3, 0.4) is 0 Å². The topological polar surface area (TPSA) is 29.1 Å². The van der Waals surface area contributed by atoms with Gasteiger partial charge in [0.25, 0.3) is 0 Å². The summed E-state index contributed by atoms with van der Waals surface area (Å²) >= 11 is 13.5. The van der Waals surface area contributed by atoms with Gasteiger partial charge in [0.1, 0.15) is 0 Å². The number of anilines is 1. The van der Waals surface area contributed by atoms with Crippen molar-refractivity contribution in [2.24, 2.45) is 0 Å². The van der Waals surface area contributed by atoms with Gasteiger partial charge < -0.3 is 5.32 Å². The van der Waals surface area contributed by atoms with E-state index in [0.717, 1.165) is 5.75 Å². The van der Waals surface area contributed by atoms with Crippen LogP contribution in [0.15, 0.2) is 48.5 Å². The molecule has 0 atom stereocenters. The molecule has 2 rings (SSSR count). The molecule has 0 aliphatic rings. The Hall–Kier alpha value is -1.16. The third kappa shape index (κ3) is 4.44. The maximum absolute atomic E-state index is 11.8. The van der Waals surface area contributed by atoms with Crippen LogP contribution in [0, 0.1) is 0 Å². The lowest BCUT2D eigenvalue weighted by Crippen LogP contribution is -2.14. The van der Waals surface area contributed by atoms with Crippen LogP contribution >= 0.6 is 35.0 Å². The van der Waals surface area contributed by atoms with Crippen molar-refractivity contribution < 1.29 is 4.79 Å². The predicted octanol–water partition coefficient (Wildman–Crippen LogP) is 4.87. The summed E-state index contributed by atoms with van der Waals surface area (Å²) in [6.45, 7) is 0. The van der Waals surface area contributed by atoms with E-state index in [1.807, 2.05) is 30.3 Å². The third-order valence-corrected chi connectivity index (χ3v) is 4.39. The molecule has 5 heteroatoms. The normalized spacial score (nSPS) is 10.3. The van der Waals surface area contributed by atoms with Gasteiger partial charge in [-0.05, 0) is 17.7 Å². The lowest BCUT2D eigenvalue weighted by Gasteiger charge is -2.08. The Bertz CT molecular complexity index is 590. The Kier molecular flexibility index (Phi) is 5.77. The van der Waals surface area contributed by atoms with E-state index in [-0.39, 0.29) is 5.91 Å². The summed E-state index contributed by atoms with van der Waals surface area (Å²) in [4.78, 5) is 11.8. The predicted molar refractivity (Wildman–Crippen MR) is 87.7 cm³/mol. The Balaban J connectivity index is 1.82. The highest BCUT2D eigenvalue weighted by Gasteiger charge is 2.08. The lowest BCUT2D eigenvalue weighted by molar-refractivity contribution is -0.113. The summed E-state index contributed by atoms with van der Waals surface area (Å²) in [6, 6.07) is 15.2. The van der Waals surface area contributed by atoms with Gasteiger partial charge in [0.05, 0.1) is 21.5 Å². The number of carbonyl (C=O) groups excluding carboxylic acids is 1. The van der Waals surface area contributed by atoms with Gasteiger partial charge in [0, 0.05) is 5.75 Å². The smallest absolute Gasteiger partial charge is 0.234 e. The second kappa shape index (κ2) is 7.58. The molecule has 0 unspecified atom stereocenters. The van der Waals surface area contributed by atoms with Crippen molar-refractivity contribution in [1.82, 2.24) is 0 Å². The Morgan fingerprint density at radius 1 is 1.05 bits per heavy atom. The first-order valence-corrected chi connectivity index (χ1v) is 7.93. The first-order valence-electron chi connectivity index (χ1n) is 6.02. The van der Waals surface area contributed by atoms with Gasteiger partial charge in [-0.3, -0.25) is 4.79 Å². The van der Waals surface area contributed by atoms with E-state index >= 15 is 0 Å². The number of nitrogens with one attached hydrogen (secondary N) is 1. The van der Waals surface area contributed by atoms with Crippen molar-refractivity contribution in [3.63, 3.8) is 0 Å². The summed E-state index contributed by atoms with van der Waals surface area (Å²) in [7, 11) is 0. The number of hydrogen-bond acceptors (Lipinski definition) is 2. The standard InChI is InChI=1S/C15H13Cl2NOS/c16-12-7-4-8-13(15(12)17)18-14(19)10-20-9-11-5-2-1-3-6-11/h1-8H,9-10H2,(H,18,19). The molecule has 0 aromatic heterocycles. The second-order valence-electron chi connectivity index (χ2n) is 4.13. The van der Waals surface area contributed by atoms with Gasteiger partial charge >= 0.3 is 0 Å². The highest BCUT2D eigenvalue weighted by Crippen LogP contribution is 2.29. The van der Waals surface area contributed by atoms with Gasteiger partial charge in [-0.1, -0.05) is 59.6 Å². The molecule has 0 radical (unpaired) electrons. The van der Waals surface area contributed by atoms with Gasteiger partial charge in [-0.2, -0.15) is 0 Å². The molecule has 0 aliphatic carbocycles. The molecule has 2 nitrogen and oxygen atoms in total. The summed E-state index contributed by atoms with van der Waals surface area (Å²) < 4.78 is 0. The maximum atomic E-state index is 11.8. The van der Waals surface area contributed by atoms with Crippen LogP contribution in [-0.4, -0.2) is 11.7 Å². The number of hydrogen-bond donors (Lipinski definition) is 1. The van der Waals surface area contributed by atoms with Crippen molar-refractivity contribution in [1.29, 1.82) is 0 Å². The average molecular weight is 326 g/mol. The van der Waals surface area contributed by atoms with E-state index in [1.165, 1.54) is 5.56 Å². The Morgan fingerprint density at radius 3 is 2.55 bits per heavy atom. The molecule has 0 saturated carbocycles. The van der Waals surface area contributed by atoms with Gasteiger partial charge in [-0.25, -0.2) is 0 Å². The molecule has 0 heterocycles. The lowest BCUT2D eigenvalue weighted by atomic mass is 10.2. The van der Waals surface area contributed by atoms with Crippen molar-refractivity contribution in [2.75, 3.05) is 11.1 Å². The first-order chi connectivity index (χ1) is 9.66. The quantitative estimate of drug-likeness (QED) is 0.850. The Morgan fingerprint density at radius 2 is 1.80 bits per heavy atom. The zero-order valence-electron chi connectivity index (χ0n) is 10.6. The van der Waals surface area contributed by atoms with Crippen molar-refractivity contribution in [3.05, 3.63) is 64.1 Å². The number of benzene rings is 2. The van der Waals surface area contributed by atoms with Crippen LogP contribution < -0.4 is 5.32 Å². The summed E-state index contributed by atoms with van der Waals surface area (Å²) in [5.41, 5.74) is 1.75. The van der Waals surface area contributed by atoms with E-state index in [1.54, 1.807) is 30.0 Å². The van der Waals surface area contributed by atoms with E-state index < -0.39 is 0 Å². The minimum absolute atomic E-state index is 0.0879. The van der Waals surface area contributed by atoms with Crippen LogP contribution in [-0.2, 0) is 10.5 Å². The minimum atomic E-state index is -0.0879. The van der Waals surface area contributed by atoms with Crippen LogP contribution in [0.25, 0.3) is 0 Å². The molecule has 0 aliphatic heterocycles. The molecule has 0 fully saturated rings. The van der Waals surface area contributed by atoms with Crippen molar-refractivity contribution in [2.45, 2.75) is 5.75 Å². The molecule has 0 bridgehead atoms. The van der Waals surface area contributed by atoms with Crippen molar-refractivity contribution >= 4 is 46.6 Å². The molecular formula is C15H13Cl2NOS. The molecule has 2 aromatic carbocycles. The van der Waals surface area contributed by atoms with E-state index in [4.69, 9.17) is 23.2 Å². The monoisotopic (exact) mass is 325 g/mol. The molecule has 0 saturated heterocycles. The van der Waals surface area contributed by atoms with Gasteiger partial charge in [-0.15, -0.1) is 11.8 Å². The fourth-order valence-electron chi connectivity index (χ4n) is 1.62. The van der Waals surface area contributed by atoms with E-state index in [0.29, 0.717) is 21.5 Å². The van der Waals surface area contributed by atoms with Gasteiger partial charge in [0.2, 0.25) is 5.91 Å². The van der Waals surface area contributed by atoms with E-state index in [2.05, 4.69) is 5.32 Å². The summed E-state index contributed by atoms with van der Waals surface area (Å²) in [6.07, 6.45) is 0. The number of thioether (sulfide) groups is 1. The zero-order chi connectivity index (χ0) is 14.4. The third-order valence-electron chi connectivity index (χ3n) is 2.57. The second-order valence-corrected chi connectivity index (χ2v) is 5.90. The maximum Gasteiger partial charge on any atom is 0.234 e. The largest absolute Gasteiger partial charge is 0.324 e. The highest BCUT2D eigenvalue weighted by atomic mass is 35.5. The van der Waals surface area contributed by atoms with Crippen LogP contribution in [0.1, 0.15) is 5.56 Å². The summed E-state index contributed by atoms with van der Waals surface area (Å²) in [5.74, 6) is 1.09. The summed E-state index contributed by atoms with van der Waals surface area (Å²) in [5, 5.41) is 3.56. The SMILES string of the molecule is O=C(CSCc1ccccc1)Nc1cccc(Cl)c1Cl. The molecule has 104 valence electrons. The van der Waals surface area contributed by atoms with E-state index in [9.17, 15) is 4.79 Å². The average Bonchev–Trinajstić information content (AvgIpc) is 2.45. The molecule has 1 amide bonds. The van der Waals surface area contributed by atoms with Crippen LogP contribution in [0.2, 0.25) is 10.0 Å². The number of carbonyl (C=O) groups is 1. The van der Waals surface area contributed by atoms with Crippen molar-refractivity contribution in [3.8, 4) is 0 Å². The Labute approximate surface area is 132 Å². The zero-order valence-corrected chi connectivity index (χ0v) is 12.9. The minimum Gasteiger partial charge on any atom is -0.324 e. The molecule has 0 spiro atoms. The number of amides is 1. The van der Waals surface area contributed by atoms with Crippen LogP contribution in [0.4, 0.5) is 5.69 Å². The molecule has 20 heavy (non-hydrogen) atoms. The van der Waals surface area contributed by atoms with Gasteiger partial charge in [0.15, 0.2) is 0 Å². The molecule has 2 aromatic rings. The van der Waals surface area contributed by atoms with Crippen LogP contribution in [0.5, 0.6) is 0 Å². The molecular weight excluding hydrogens is 313 g/mol. The fraction of sp³-hybridized carbons (Fsp3) is 0.133.